The van der Waals surface area contributed by atoms with E-state index in [1.54, 1.807) is 95.4 Å². The van der Waals surface area contributed by atoms with Gasteiger partial charge in [0.05, 0.1) is 6.04 Å². The second-order valence-corrected chi connectivity index (χ2v) is 32.8. The van der Waals surface area contributed by atoms with Crippen LogP contribution in [0.5, 0.6) is 5.75 Å². The summed E-state index contributed by atoms with van der Waals surface area (Å²) in [4.78, 5) is 202. The van der Waals surface area contributed by atoms with Crippen LogP contribution in [0.2, 0.25) is 0 Å². The van der Waals surface area contributed by atoms with Gasteiger partial charge in [0.25, 0.3) is 0 Å². The third-order valence-corrected chi connectivity index (χ3v) is 19.7. The van der Waals surface area contributed by atoms with Crippen molar-refractivity contribution in [3.05, 3.63) is 102 Å². The van der Waals surface area contributed by atoms with E-state index in [-0.39, 0.29) is 99.7 Å². The molecule has 12 amide bonds. The number of phenolic OH excluding ortho intramolecular Hbond substituents is 1. The minimum Gasteiger partial charge on any atom is -0.508 e. The normalized spacial score (nSPS) is 15.2. The van der Waals surface area contributed by atoms with Gasteiger partial charge in [-0.3, -0.25) is 62.3 Å². The van der Waals surface area contributed by atoms with Crippen molar-refractivity contribution >= 4 is 93.7 Å². The highest BCUT2D eigenvalue weighted by atomic mass is 16.4. The fourth-order valence-corrected chi connectivity index (χ4v) is 13.1. The molecular weight excluding hydrogens is 1490 g/mol. The number of unbranched alkanes of at least 4 members (excludes halogenated alkanes) is 1. The molecular formula is C84H129N15O17. The SMILES string of the molecule is CC[C@H](C)[C@H](NC(=O)[C@H](C)N)C(=O)N[C@@H](CCCCN)C(=O)N[C@@H](Cc1c[nH]c2ccccc12)C(=O)N[C@@H](CCC(=O)O)C(=O)N[C@@H](Cc1ccc(O)cc1)C(=O)N[C@H](C(=O)N[C@@H](CC(C)C)C(=O)N[C@@H](CC(C)C)C(=O)N[C@@H](CC(C)C)C(=O)N[C@@H](Cc1ccccc1)C(=O)N[C@@H](CC(C)C)C(=O)N[C@@H](CC(C)C)C(=O)O)C(C)C. The number of aliphatic carboxylic acids is 2. The molecule has 3 aromatic carbocycles. The maximum Gasteiger partial charge on any atom is 0.326 e. The summed E-state index contributed by atoms with van der Waals surface area (Å²) in [6.07, 6.45) is 1.39. The maximum atomic E-state index is 15.0. The quantitative estimate of drug-likeness (QED) is 0.0277. The molecule has 116 heavy (non-hydrogen) atoms. The fourth-order valence-electron chi connectivity index (χ4n) is 13.1. The third kappa shape index (κ3) is 33.7. The molecule has 14 atom stereocenters. The van der Waals surface area contributed by atoms with Crippen LogP contribution in [0.15, 0.2) is 85.1 Å². The van der Waals surface area contributed by atoms with E-state index >= 15 is 9.59 Å². The van der Waals surface area contributed by atoms with Gasteiger partial charge < -0.3 is 95.6 Å². The summed E-state index contributed by atoms with van der Waals surface area (Å²) in [7, 11) is 0. The van der Waals surface area contributed by atoms with E-state index in [1.807, 2.05) is 62.3 Å². The second-order valence-electron chi connectivity index (χ2n) is 32.8. The van der Waals surface area contributed by atoms with Crippen LogP contribution >= 0.6 is 0 Å². The largest absolute Gasteiger partial charge is 0.508 e. The number of fused-ring (bicyclic) bond motifs is 1. The van der Waals surface area contributed by atoms with Gasteiger partial charge in [0, 0.05) is 42.8 Å². The summed E-state index contributed by atoms with van der Waals surface area (Å²) < 4.78 is 0. The van der Waals surface area contributed by atoms with Crippen LogP contribution in [0.3, 0.4) is 0 Å². The Morgan fingerprint density at radius 3 is 1.16 bits per heavy atom. The summed E-state index contributed by atoms with van der Waals surface area (Å²) in [6, 6.07) is 4.02. The number of H-pyrrole nitrogens is 1. The molecule has 0 aliphatic carbocycles. The molecule has 0 aliphatic rings. The van der Waals surface area contributed by atoms with Gasteiger partial charge in [0.2, 0.25) is 70.9 Å². The molecule has 0 spiro atoms. The number of carbonyl (C=O) groups is 14. The van der Waals surface area contributed by atoms with E-state index in [0.717, 1.165) is 0 Å². The minimum absolute atomic E-state index is 0.00335. The molecule has 1 heterocycles. The number of aromatic hydroxyl groups is 1. The van der Waals surface area contributed by atoms with Gasteiger partial charge in [0.15, 0.2) is 0 Å². The molecule has 4 aromatic rings. The van der Waals surface area contributed by atoms with Crippen LogP contribution in [0, 0.1) is 41.4 Å². The molecule has 0 aliphatic heterocycles. The molecule has 0 fully saturated rings. The number of amides is 12. The number of hydrogen-bond acceptors (Lipinski definition) is 17. The average molecular weight is 1620 g/mol. The first-order valence-electron chi connectivity index (χ1n) is 40.5. The summed E-state index contributed by atoms with van der Waals surface area (Å²) >= 11 is 0. The molecule has 0 radical (unpaired) electrons. The van der Waals surface area contributed by atoms with Crippen molar-refractivity contribution in [3.63, 3.8) is 0 Å². The molecule has 32 heteroatoms. The first kappa shape index (κ1) is 97.9. The number of carbonyl (C=O) groups excluding carboxylic acids is 12. The van der Waals surface area contributed by atoms with Crippen molar-refractivity contribution in [3.8, 4) is 5.75 Å². The van der Waals surface area contributed by atoms with Crippen molar-refractivity contribution < 1.29 is 82.4 Å². The molecule has 0 saturated carbocycles. The second kappa shape index (κ2) is 48.8. The van der Waals surface area contributed by atoms with Crippen LogP contribution in [0.1, 0.15) is 191 Å². The number of para-hydroxylation sites is 1. The van der Waals surface area contributed by atoms with Gasteiger partial charge >= 0.3 is 11.9 Å². The molecule has 1 aromatic heterocycles. The van der Waals surface area contributed by atoms with E-state index in [1.165, 1.54) is 31.2 Å². The van der Waals surface area contributed by atoms with Crippen molar-refractivity contribution in [1.82, 2.24) is 68.8 Å². The highest BCUT2D eigenvalue weighted by Crippen LogP contribution is 2.22. The highest BCUT2D eigenvalue weighted by molar-refractivity contribution is 6.00. The lowest BCUT2D eigenvalue weighted by Crippen LogP contribution is -2.62. The Balaban J connectivity index is 1.68. The van der Waals surface area contributed by atoms with Crippen LogP contribution in [0.25, 0.3) is 10.9 Å². The van der Waals surface area contributed by atoms with Crippen LogP contribution in [0.4, 0.5) is 0 Å². The molecule has 32 nitrogen and oxygen atoms in total. The summed E-state index contributed by atoms with van der Waals surface area (Å²) in [6.45, 7) is 26.6. The molecule has 4 rings (SSSR count). The van der Waals surface area contributed by atoms with Crippen molar-refractivity contribution in [1.29, 1.82) is 0 Å². The van der Waals surface area contributed by atoms with E-state index in [9.17, 15) is 72.9 Å². The van der Waals surface area contributed by atoms with E-state index < -0.39 is 186 Å². The fraction of sp³-hybridized carbons (Fsp3) is 0.595. The zero-order valence-corrected chi connectivity index (χ0v) is 69.9. The minimum atomic E-state index is -1.73. The predicted octanol–water partition coefficient (Wildman–Crippen LogP) is 4.08. The zero-order chi connectivity index (χ0) is 86.8. The van der Waals surface area contributed by atoms with E-state index in [2.05, 4.69) is 68.8 Å². The first-order valence-corrected chi connectivity index (χ1v) is 40.5. The molecule has 0 saturated heterocycles. The number of benzene rings is 3. The first-order chi connectivity index (χ1) is 54.6. The molecule has 0 bridgehead atoms. The van der Waals surface area contributed by atoms with Crippen molar-refractivity contribution in [2.45, 2.75) is 272 Å². The number of carboxylic acid groups (broad SMARTS) is 2. The predicted molar refractivity (Wildman–Crippen MR) is 440 cm³/mol. The topological polar surface area (TPSA) is 512 Å². The number of hydrogen-bond donors (Lipinski definition) is 18. The zero-order valence-electron chi connectivity index (χ0n) is 69.9. The molecule has 0 unspecified atom stereocenters. The van der Waals surface area contributed by atoms with Gasteiger partial charge in [-0.2, -0.15) is 0 Å². The summed E-state index contributed by atoms with van der Waals surface area (Å²) in [5, 5.41) is 63.7. The number of nitrogens with two attached hydrogens (primary N) is 2. The monoisotopic (exact) mass is 1620 g/mol. The standard InChI is InChI=1S/C84H129N15O17/c1-16-51(14)71(99-72(103)52(15)86)83(114)89-59(28-22-23-35-85)73(104)95-67(43-55-44-87-58-27-21-20-26-57(55)58)80(111)88-60(33-34-69(101)102)74(105)93-66(42-54-29-31-56(100)32-30-54)81(112)98-70(50(12)13)82(113)96-64(39-48(8)9)77(108)91-61(36-45(2)3)75(106)90-62(37-46(4)5)76(107)94-65(41-53-24-18-17-19-25-53)79(110)92-63(38-47(6)7)78(109)97-68(84(115)116)40-49(10)11/h17-21,24-27,29-32,44-52,59-68,70-71,87,100H,16,22-23,28,33-43,85-86H2,1-15H3,(H,88,111)(H,89,114)(H,90,106)(H,91,108)(H,92,110)(H,93,105)(H,94,107)(H,95,104)(H,96,113)(H,97,109)(H,98,112)(H,99,103)(H,101,102)(H,115,116)/t51-,52-,59-,60-,61-,62-,63-,64-,65-,66-,67-,68-,70-,71-/m0/s1. The van der Waals surface area contributed by atoms with Gasteiger partial charge in [0.1, 0.15) is 78.3 Å². The Kier molecular flexibility index (Phi) is 41.1. The number of aromatic nitrogens is 1. The Morgan fingerprint density at radius 1 is 0.379 bits per heavy atom. The van der Waals surface area contributed by atoms with Gasteiger partial charge in [-0.05, 0) is 148 Å². The lowest BCUT2D eigenvalue weighted by Gasteiger charge is -2.30. The Bertz CT molecular complexity index is 3900. The smallest absolute Gasteiger partial charge is 0.326 e. The Hall–Kier alpha value is -10.5. The Labute approximate surface area is 681 Å². The van der Waals surface area contributed by atoms with Crippen LogP contribution < -0.4 is 75.3 Å². The number of nitrogens with one attached hydrogen (secondary N) is 13. The molecule has 642 valence electrons. The number of aromatic amines is 1. The van der Waals surface area contributed by atoms with Crippen LogP contribution in [-0.2, 0) is 86.4 Å². The molecule has 20 N–H and O–H groups in total. The third-order valence-electron chi connectivity index (χ3n) is 19.7. The van der Waals surface area contributed by atoms with Crippen molar-refractivity contribution in [2.24, 2.45) is 52.9 Å². The van der Waals surface area contributed by atoms with Gasteiger partial charge in [-0.25, -0.2) is 4.79 Å². The lowest BCUT2D eigenvalue weighted by molar-refractivity contribution is -0.143. The Morgan fingerprint density at radius 2 is 0.733 bits per heavy atom. The lowest BCUT2D eigenvalue weighted by atomic mass is 9.97. The summed E-state index contributed by atoms with van der Waals surface area (Å²) in [5.41, 5.74) is 13.9. The number of carboxylic acids is 2. The van der Waals surface area contributed by atoms with E-state index in [4.69, 9.17) is 11.5 Å². The maximum absolute atomic E-state index is 15.0. The van der Waals surface area contributed by atoms with Crippen LogP contribution in [-0.4, -0.2) is 188 Å². The average Bonchev–Trinajstić information content (AvgIpc) is 1.68. The van der Waals surface area contributed by atoms with Gasteiger partial charge in [-0.15, -0.1) is 0 Å². The highest BCUT2D eigenvalue weighted by Gasteiger charge is 2.40. The number of phenols is 1. The number of rotatable bonds is 51. The van der Waals surface area contributed by atoms with E-state index in [0.29, 0.717) is 46.9 Å². The summed E-state index contributed by atoms with van der Waals surface area (Å²) in [5.74, 6) is -14.7. The van der Waals surface area contributed by atoms with Crippen molar-refractivity contribution in [2.75, 3.05) is 6.54 Å². The van der Waals surface area contributed by atoms with Gasteiger partial charge in [-0.1, -0.05) is 164 Å².